The Labute approximate surface area is 321 Å². The Morgan fingerprint density at radius 1 is 0.870 bits per heavy atom. The molecular weight excluding hydrogens is 712 g/mol. The quantitative estimate of drug-likeness (QED) is 0.281. The van der Waals surface area contributed by atoms with Gasteiger partial charge < -0.3 is 25.5 Å². The number of ketones is 5. The molecule has 0 aromatic rings. The predicted molar refractivity (Wildman–Crippen MR) is 198 cm³/mol. The minimum atomic E-state index is -1.66. The van der Waals surface area contributed by atoms with E-state index in [1.165, 1.54) is 12.2 Å². The molecular formula is C43H53ClO10. The molecule has 10 nitrogen and oxygen atoms in total. The van der Waals surface area contributed by atoms with E-state index in [1.807, 2.05) is 52.8 Å². The molecule has 0 heterocycles. The summed E-state index contributed by atoms with van der Waals surface area (Å²) >= 11 is 6.57. The highest BCUT2D eigenvalue weighted by Gasteiger charge is 2.71. The number of aliphatic hydroxyl groups is 5. The topological polar surface area (TPSA) is 186 Å². The van der Waals surface area contributed by atoms with Gasteiger partial charge in [-0.1, -0.05) is 70.0 Å². The predicted octanol–water partition coefficient (Wildman–Crippen LogP) is 3.91. The summed E-state index contributed by atoms with van der Waals surface area (Å²) in [5.74, 6) is -2.03. The first-order valence-electron chi connectivity index (χ1n) is 19.4. The van der Waals surface area contributed by atoms with E-state index in [9.17, 15) is 49.5 Å². The molecule has 0 radical (unpaired) electrons. The number of hydrogen-bond acceptors (Lipinski definition) is 10. The number of rotatable bonds is 4. The first kappa shape index (κ1) is 39.4. The van der Waals surface area contributed by atoms with Crippen LogP contribution in [0.2, 0.25) is 0 Å². The molecule has 0 unspecified atom stereocenters. The molecule has 0 saturated heterocycles. The number of carbonyl (C=O) groups is 5. The van der Waals surface area contributed by atoms with Gasteiger partial charge in [0.2, 0.25) is 0 Å². The minimum Gasteiger partial charge on any atom is -0.393 e. The van der Waals surface area contributed by atoms with Crippen molar-refractivity contribution in [1.82, 2.24) is 0 Å². The molecule has 0 bridgehead atoms. The zero-order valence-electron chi connectivity index (χ0n) is 31.7. The van der Waals surface area contributed by atoms with Crippen molar-refractivity contribution in [1.29, 1.82) is 0 Å². The standard InChI is InChI=1S/C22H28O5.C21H25ClO5/c1-12-8-16-15-5-4-13-9-14(24)6-7-20(13,2)19(15)17(25)10-21(16,3)22(12,27)18(26)11-23;1-19-5-3-11(24)7-14(19)15(22)8-12-13-4-6-21(27,17(26)10-23)20(13,2)9-16(25)18(12)19/h6-7,9,12,15-16,19,23,27H,4-5,8,10-11H2,1-3H3;3,5,7-8,12-13,16,18,23,25,27H,4,6,9-10H2,1-2H3/t12-,15-,16-,19+,20-,21-,22-;12-,13-,16-,18+,19-,20-,21-/m00/s1. The van der Waals surface area contributed by atoms with Crippen molar-refractivity contribution in [2.24, 2.45) is 63.1 Å². The Morgan fingerprint density at radius 3 is 2.15 bits per heavy atom. The van der Waals surface area contributed by atoms with Crippen molar-refractivity contribution >= 4 is 40.5 Å². The molecule has 292 valence electrons. The first-order valence-corrected chi connectivity index (χ1v) is 19.8. The molecule has 0 aromatic heterocycles. The lowest BCUT2D eigenvalue weighted by molar-refractivity contribution is -0.173. The van der Waals surface area contributed by atoms with E-state index in [-0.39, 0.29) is 78.0 Å². The number of aliphatic hydroxyl groups excluding tert-OH is 3. The van der Waals surface area contributed by atoms with Gasteiger partial charge >= 0.3 is 0 Å². The summed E-state index contributed by atoms with van der Waals surface area (Å²) in [6.07, 6.45) is 14.7. The highest BCUT2D eigenvalue weighted by Crippen LogP contribution is 2.68. The number of Topliss-reactive ketones (excluding diaryl/α,β-unsaturated/α-hetero) is 3. The Kier molecular flexibility index (Phi) is 9.36. The lowest BCUT2D eigenvalue weighted by Gasteiger charge is -2.58. The van der Waals surface area contributed by atoms with E-state index in [0.717, 1.165) is 24.0 Å². The fraction of sp³-hybridized carbons (Fsp3) is 0.651. The van der Waals surface area contributed by atoms with Crippen molar-refractivity contribution in [2.75, 3.05) is 13.2 Å². The van der Waals surface area contributed by atoms with E-state index >= 15 is 0 Å². The SMILES string of the molecule is C[C@H]1C[C@H]2[C@@H]3CCC4=CC(=O)C=C[C@]4(C)[C@H]3C(=O)C[C@]2(C)[C@@]1(O)C(=O)CO.C[C@]12C=CC(=O)C=C1C(Cl)=C[C@@H]1[C@@H]2[C@@H](O)C[C@@]2(C)[C@H]1CC[C@]2(O)C(=O)CO. The first-order chi connectivity index (χ1) is 25.2. The molecule has 0 spiro atoms. The maximum absolute atomic E-state index is 13.4. The van der Waals surface area contributed by atoms with Gasteiger partial charge in [0.15, 0.2) is 23.1 Å². The summed E-state index contributed by atoms with van der Waals surface area (Å²) in [4.78, 5) is 62.0. The zero-order chi connectivity index (χ0) is 39.6. The van der Waals surface area contributed by atoms with Crippen LogP contribution in [0.5, 0.6) is 0 Å². The van der Waals surface area contributed by atoms with Crippen molar-refractivity contribution in [3.63, 3.8) is 0 Å². The third-order valence-corrected chi connectivity index (χ3v) is 16.6. The van der Waals surface area contributed by atoms with Crippen molar-refractivity contribution < 1.29 is 49.5 Å². The van der Waals surface area contributed by atoms with Gasteiger partial charge in [0, 0.05) is 44.9 Å². The molecule has 0 aromatic carbocycles. The number of fused-ring (bicyclic) bond motifs is 10. The number of carbonyl (C=O) groups excluding carboxylic acids is 5. The fourth-order valence-corrected chi connectivity index (χ4v) is 13.9. The smallest absolute Gasteiger partial charge is 0.190 e. The minimum absolute atomic E-state index is 0.0218. The van der Waals surface area contributed by atoms with Crippen molar-refractivity contribution in [3.8, 4) is 0 Å². The van der Waals surface area contributed by atoms with Gasteiger partial charge in [-0.25, -0.2) is 0 Å². The Balaban J connectivity index is 0.000000167. The number of hydrogen-bond donors (Lipinski definition) is 5. The van der Waals surface area contributed by atoms with E-state index in [2.05, 4.69) is 0 Å². The Bertz CT molecular complexity index is 1870. The van der Waals surface area contributed by atoms with Crippen LogP contribution in [0, 0.1) is 63.1 Å². The molecule has 0 amide bonds. The average molecular weight is 765 g/mol. The number of halogens is 1. The largest absolute Gasteiger partial charge is 0.393 e. The number of allylic oxidation sites excluding steroid dienone is 10. The molecule has 8 rings (SSSR count). The maximum Gasteiger partial charge on any atom is 0.190 e. The molecule has 0 aliphatic heterocycles. The zero-order valence-corrected chi connectivity index (χ0v) is 32.4. The van der Waals surface area contributed by atoms with Crippen LogP contribution in [-0.4, -0.2) is 85.0 Å². The van der Waals surface area contributed by atoms with Crippen LogP contribution in [0.4, 0.5) is 0 Å². The molecule has 8 aliphatic carbocycles. The highest BCUT2D eigenvalue weighted by atomic mass is 35.5. The van der Waals surface area contributed by atoms with Gasteiger partial charge in [-0.2, -0.15) is 0 Å². The van der Waals surface area contributed by atoms with Gasteiger partial charge in [-0.05, 0) is 98.0 Å². The monoisotopic (exact) mass is 764 g/mol. The fourth-order valence-electron chi connectivity index (χ4n) is 13.5. The molecule has 5 fully saturated rings. The third kappa shape index (κ3) is 5.05. The summed E-state index contributed by atoms with van der Waals surface area (Å²) in [6, 6.07) is 0. The van der Waals surface area contributed by atoms with E-state index in [4.69, 9.17) is 11.6 Å². The van der Waals surface area contributed by atoms with Crippen LogP contribution < -0.4 is 0 Å². The molecule has 11 heteroatoms. The lowest BCUT2D eigenvalue weighted by atomic mass is 9.46. The van der Waals surface area contributed by atoms with Crippen LogP contribution in [0.15, 0.2) is 58.7 Å². The van der Waals surface area contributed by atoms with E-state index in [0.29, 0.717) is 17.9 Å². The van der Waals surface area contributed by atoms with Crippen molar-refractivity contribution in [3.05, 3.63) is 58.7 Å². The lowest BCUT2D eigenvalue weighted by Crippen LogP contribution is -2.61. The summed E-state index contributed by atoms with van der Waals surface area (Å²) in [6.45, 7) is 8.16. The van der Waals surface area contributed by atoms with Crippen LogP contribution in [0.25, 0.3) is 0 Å². The van der Waals surface area contributed by atoms with Gasteiger partial charge in [0.25, 0.3) is 0 Å². The molecule has 5 saturated carbocycles. The average Bonchev–Trinajstić information content (AvgIpc) is 3.50. The maximum atomic E-state index is 13.4. The molecule has 14 atom stereocenters. The van der Waals surface area contributed by atoms with Gasteiger partial charge in [-0.15, -0.1) is 0 Å². The van der Waals surface area contributed by atoms with E-state index in [1.54, 1.807) is 12.2 Å². The van der Waals surface area contributed by atoms with Gasteiger partial charge in [-0.3, -0.25) is 24.0 Å². The van der Waals surface area contributed by atoms with Gasteiger partial charge in [0.05, 0.1) is 6.10 Å². The second-order valence-electron chi connectivity index (χ2n) is 18.5. The summed E-state index contributed by atoms with van der Waals surface area (Å²) in [5, 5.41) is 53.0. The normalized spacial score (nSPS) is 48.4. The summed E-state index contributed by atoms with van der Waals surface area (Å²) < 4.78 is 0. The molecule has 54 heavy (non-hydrogen) atoms. The van der Waals surface area contributed by atoms with Crippen LogP contribution >= 0.6 is 11.6 Å². The van der Waals surface area contributed by atoms with Crippen LogP contribution in [-0.2, 0) is 24.0 Å². The summed E-state index contributed by atoms with van der Waals surface area (Å²) in [5.41, 5.74) is -4.28. The molecule has 5 N–H and O–H groups in total. The second-order valence-corrected chi connectivity index (χ2v) is 18.9. The highest BCUT2D eigenvalue weighted by molar-refractivity contribution is 6.32. The Hall–Kier alpha value is -2.86. The second kappa shape index (κ2) is 12.8. The van der Waals surface area contributed by atoms with Crippen molar-refractivity contribution in [2.45, 2.75) is 96.9 Å². The van der Waals surface area contributed by atoms with Gasteiger partial charge in [0.1, 0.15) is 30.2 Å². The molecule has 8 aliphatic rings. The Morgan fingerprint density at radius 2 is 1.50 bits per heavy atom. The van der Waals surface area contributed by atoms with E-state index < -0.39 is 63.7 Å². The van der Waals surface area contributed by atoms with Crippen LogP contribution in [0.3, 0.4) is 0 Å². The summed E-state index contributed by atoms with van der Waals surface area (Å²) in [7, 11) is 0. The van der Waals surface area contributed by atoms with Crippen LogP contribution in [0.1, 0.15) is 79.6 Å². The third-order valence-electron chi connectivity index (χ3n) is 16.3.